The molecule has 0 radical (unpaired) electrons. The van der Waals surface area contributed by atoms with Gasteiger partial charge in [0.15, 0.2) is 0 Å². The number of rotatable bonds is 6. The predicted octanol–water partition coefficient (Wildman–Crippen LogP) is 4.70. The lowest BCUT2D eigenvalue weighted by molar-refractivity contribution is -0.940. The van der Waals surface area contributed by atoms with Gasteiger partial charge in [0.05, 0.1) is 39.6 Å². The van der Waals surface area contributed by atoms with Crippen LogP contribution in [0.4, 0.5) is 5.69 Å². The molecule has 1 saturated heterocycles. The predicted molar refractivity (Wildman–Crippen MR) is 178 cm³/mol. The van der Waals surface area contributed by atoms with Crippen molar-refractivity contribution in [3.63, 3.8) is 0 Å². The van der Waals surface area contributed by atoms with Crippen molar-refractivity contribution in [3.05, 3.63) is 99.5 Å². The Hall–Kier alpha value is -3.27. The number of benzene rings is 4. The second kappa shape index (κ2) is 14.5. The number of hydrogen-bond acceptors (Lipinski definition) is 9. The summed E-state index contributed by atoms with van der Waals surface area (Å²) in [6.45, 7) is 1.90. The third-order valence-electron chi connectivity index (χ3n) is 7.71. The van der Waals surface area contributed by atoms with E-state index in [4.69, 9.17) is 34.8 Å². The van der Waals surface area contributed by atoms with Crippen molar-refractivity contribution in [1.82, 2.24) is 5.43 Å². The summed E-state index contributed by atoms with van der Waals surface area (Å²) in [7, 11) is -9.48. The van der Waals surface area contributed by atoms with Crippen molar-refractivity contribution in [2.45, 2.75) is 41.5 Å². The van der Waals surface area contributed by atoms with Crippen molar-refractivity contribution in [2.75, 3.05) is 18.1 Å². The number of carbonyl (C=O) groups is 1. The number of hydrazone groups is 1. The Bertz CT molecular complexity index is 1980. The molecular formula is C31H28Cl3N4O7S2-. The van der Waals surface area contributed by atoms with Crippen molar-refractivity contribution >= 4 is 83.1 Å². The van der Waals surface area contributed by atoms with Gasteiger partial charge in [-0.05, 0) is 67.3 Å². The van der Waals surface area contributed by atoms with Crippen molar-refractivity contribution in [1.29, 1.82) is 0 Å². The van der Waals surface area contributed by atoms with Gasteiger partial charge < -0.3 is 9.11 Å². The molecule has 4 aromatic rings. The van der Waals surface area contributed by atoms with Crippen LogP contribution in [0.15, 0.2) is 93.8 Å². The van der Waals surface area contributed by atoms with Crippen LogP contribution in [0.5, 0.6) is 0 Å². The van der Waals surface area contributed by atoms with Gasteiger partial charge in [0, 0.05) is 27.2 Å². The van der Waals surface area contributed by atoms with Gasteiger partial charge in [-0.15, -0.1) is 0 Å². The van der Waals surface area contributed by atoms with Crippen molar-refractivity contribution in [2.24, 2.45) is 5.10 Å². The van der Waals surface area contributed by atoms with Gasteiger partial charge in [0.1, 0.15) is 25.9 Å². The summed E-state index contributed by atoms with van der Waals surface area (Å²) in [5.74, 6) is -0.131. The fraction of sp³-hybridized carbons (Fsp3) is 0.226. The molecule has 2 aliphatic rings. The molecule has 16 heteroatoms. The average Bonchev–Trinajstić information content (AvgIpc) is 3.46. The van der Waals surface area contributed by atoms with Crippen molar-refractivity contribution < 1.29 is 35.7 Å². The Morgan fingerprint density at radius 1 is 0.787 bits per heavy atom. The molecule has 0 unspecified atom stereocenters. The highest BCUT2D eigenvalue weighted by Crippen LogP contribution is 2.40. The number of carbonyl (C=O) groups excluding carboxylic acids is 1. The van der Waals surface area contributed by atoms with Crippen LogP contribution in [0.1, 0.15) is 37.3 Å². The Morgan fingerprint density at radius 3 is 1.87 bits per heavy atom. The Morgan fingerprint density at radius 2 is 1.34 bits per heavy atom. The first-order valence-electron chi connectivity index (χ1n) is 14.4. The van der Waals surface area contributed by atoms with Gasteiger partial charge in [-0.2, -0.15) is 10.5 Å². The first-order chi connectivity index (χ1) is 22.2. The second-order valence-electron chi connectivity index (χ2n) is 10.9. The fourth-order valence-corrected chi connectivity index (χ4v) is 7.51. The Balaban J connectivity index is 0.000000207. The normalized spacial score (nSPS) is 17.2. The van der Waals surface area contributed by atoms with E-state index in [-0.39, 0.29) is 22.7 Å². The topological polar surface area (TPSA) is 164 Å². The van der Waals surface area contributed by atoms with Crippen LogP contribution < -0.4 is 15.4 Å². The minimum atomic E-state index is -4.74. The molecule has 1 fully saturated rings. The third kappa shape index (κ3) is 8.42. The largest absolute Gasteiger partial charge is 0.744 e. The molecule has 0 bridgehead atoms. The van der Waals surface area contributed by atoms with Crippen LogP contribution in [0.25, 0.3) is 10.8 Å². The van der Waals surface area contributed by atoms with E-state index in [1.54, 1.807) is 12.1 Å². The maximum Gasteiger partial charge on any atom is 0.312 e. The molecule has 248 valence electrons. The molecule has 1 atom stereocenters. The number of anilines is 1. The number of fused-ring (bicyclic) bond motifs is 1. The molecule has 2 aliphatic heterocycles. The van der Waals surface area contributed by atoms with Gasteiger partial charge in [-0.25, -0.2) is 21.8 Å². The Labute approximate surface area is 287 Å². The summed E-state index contributed by atoms with van der Waals surface area (Å²) in [5, 5.41) is 9.12. The molecule has 0 spiro atoms. The lowest BCUT2D eigenvalue weighted by Gasteiger charge is -2.25. The number of amides is 1. The minimum Gasteiger partial charge on any atom is -0.744 e. The van der Waals surface area contributed by atoms with E-state index < -0.39 is 30.0 Å². The molecule has 0 aromatic heterocycles. The van der Waals surface area contributed by atoms with Crippen LogP contribution in [-0.4, -0.2) is 50.6 Å². The van der Waals surface area contributed by atoms with Crippen LogP contribution >= 0.6 is 34.8 Å². The maximum absolute atomic E-state index is 12.9. The van der Waals surface area contributed by atoms with Crippen LogP contribution in [-0.2, 0) is 25.0 Å². The van der Waals surface area contributed by atoms with Crippen LogP contribution in [0.2, 0.25) is 15.1 Å². The highest BCUT2D eigenvalue weighted by atomic mass is 35.5. The monoisotopic (exact) mass is 737 g/mol. The van der Waals surface area contributed by atoms with E-state index >= 15 is 0 Å². The number of quaternary nitrogens is 1. The summed E-state index contributed by atoms with van der Waals surface area (Å²) < 4.78 is 66.1. The number of piperidine rings is 1. The van der Waals surface area contributed by atoms with Gasteiger partial charge in [-0.1, -0.05) is 71.2 Å². The minimum absolute atomic E-state index is 0.0792. The zero-order valence-electron chi connectivity index (χ0n) is 24.5. The Kier molecular flexibility index (Phi) is 10.8. The molecular weight excluding hydrogens is 711 g/mol. The zero-order chi connectivity index (χ0) is 33.9. The molecule has 2 N–H and O–H groups in total. The van der Waals surface area contributed by atoms with E-state index in [1.807, 2.05) is 35.3 Å². The molecule has 2 heterocycles. The summed E-state index contributed by atoms with van der Waals surface area (Å²) in [6, 6.07) is 19.8. The zero-order valence-corrected chi connectivity index (χ0v) is 28.4. The highest BCUT2D eigenvalue weighted by molar-refractivity contribution is 7.86. The quantitative estimate of drug-likeness (QED) is 0.269. The van der Waals surface area contributed by atoms with E-state index in [2.05, 4.69) is 10.5 Å². The summed E-state index contributed by atoms with van der Waals surface area (Å²) in [5.41, 5.74) is 5.30. The van der Waals surface area contributed by atoms with Crippen LogP contribution in [0.3, 0.4) is 0 Å². The van der Waals surface area contributed by atoms with E-state index in [0.29, 0.717) is 32.9 Å². The number of nitrogens with zero attached hydrogens (tertiary/aromatic N) is 2. The molecule has 47 heavy (non-hydrogen) atoms. The SMILES string of the molecule is O=C(N[NH+]1CCCCC1)C1=NN(c2ccc(Cl)cc2Cl)[C@@H](c2ccc(Cl)cc2)C1.O=S(=O)([O-])c1cccc2c(S(=O)(=O)[O-])cccc12. The number of hydrogen-bond donors (Lipinski definition) is 2. The highest BCUT2D eigenvalue weighted by Gasteiger charge is 2.34. The summed E-state index contributed by atoms with van der Waals surface area (Å²) >= 11 is 18.6. The van der Waals surface area contributed by atoms with E-state index in [1.165, 1.54) is 30.7 Å². The van der Waals surface area contributed by atoms with Gasteiger partial charge >= 0.3 is 5.91 Å². The molecule has 6 rings (SSSR count). The molecule has 0 aliphatic carbocycles. The number of nitrogens with one attached hydrogen (secondary N) is 2. The lowest BCUT2D eigenvalue weighted by Crippen LogP contribution is -3.20. The van der Waals surface area contributed by atoms with Gasteiger partial charge in [-0.3, -0.25) is 9.80 Å². The maximum atomic E-state index is 12.9. The smallest absolute Gasteiger partial charge is 0.312 e. The third-order valence-corrected chi connectivity index (χ3v) is 10.3. The van der Waals surface area contributed by atoms with Gasteiger partial charge in [0.25, 0.3) is 0 Å². The first-order valence-corrected chi connectivity index (χ1v) is 18.3. The molecule has 4 aromatic carbocycles. The molecule has 1 amide bonds. The first kappa shape index (κ1) is 35.0. The second-order valence-corrected chi connectivity index (χ2v) is 14.9. The molecule has 11 nitrogen and oxygen atoms in total. The van der Waals surface area contributed by atoms with Crippen molar-refractivity contribution in [3.8, 4) is 0 Å². The fourth-order valence-electron chi connectivity index (χ4n) is 5.51. The van der Waals surface area contributed by atoms with E-state index in [9.17, 15) is 30.7 Å². The summed E-state index contributed by atoms with van der Waals surface area (Å²) in [4.78, 5) is 11.8. The van der Waals surface area contributed by atoms with Gasteiger partial charge in [0.2, 0.25) is 0 Å². The standard InChI is InChI=1S/C21H21Cl3N4O.C10H8O6S2/c22-15-6-4-14(5-7-15)20-13-18(21(29)26-27-10-2-1-3-11-27)25-28(20)19-9-8-16(23)12-17(19)24;11-17(12,13)9-5-1-3-7-8(9)4-2-6-10(7)18(14,15)16/h4-9,12,20H,1-3,10-11,13H2,(H,26,29);1-6H,(H,11,12,13)(H,14,15,16)/p-1/t20-;/m1./s1. The average molecular weight is 739 g/mol. The van der Waals surface area contributed by atoms with Crippen LogP contribution in [0, 0.1) is 0 Å². The number of halogens is 3. The lowest BCUT2D eigenvalue weighted by atomic mass is 10.0. The van der Waals surface area contributed by atoms with E-state index in [0.717, 1.165) is 48.6 Å². The summed E-state index contributed by atoms with van der Waals surface area (Å²) in [6.07, 6.45) is 3.96. The molecule has 0 saturated carbocycles.